The van der Waals surface area contributed by atoms with Crippen molar-refractivity contribution in [3.63, 3.8) is 0 Å². The topological polar surface area (TPSA) is 94.6 Å². The number of hydrogen-bond donors (Lipinski definition) is 3. The second kappa shape index (κ2) is 5.73. The molecule has 1 aliphatic carbocycles. The molecular formula is C17H22N4O3. The third kappa shape index (κ3) is 2.43. The summed E-state index contributed by atoms with van der Waals surface area (Å²) in [6.07, 6.45) is 5.20. The summed E-state index contributed by atoms with van der Waals surface area (Å²) in [6.45, 7) is 1.70. The minimum absolute atomic E-state index is 0.0260. The number of rotatable bonds is 2. The van der Waals surface area contributed by atoms with E-state index in [1.807, 2.05) is 12.1 Å². The molecule has 2 amide bonds. The third-order valence-electron chi connectivity index (χ3n) is 5.86. The van der Waals surface area contributed by atoms with Gasteiger partial charge in [0.05, 0.1) is 5.41 Å². The summed E-state index contributed by atoms with van der Waals surface area (Å²) in [7, 11) is 0. The molecule has 1 aromatic heterocycles. The lowest BCUT2D eigenvalue weighted by atomic mass is 9.69. The first-order chi connectivity index (χ1) is 11.6. The van der Waals surface area contributed by atoms with Crippen molar-refractivity contribution in [2.24, 2.45) is 0 Å². The van der Waals surface area contributed by atoms with Crippen LogP contribution >= 0.6 is 0 Å². The highest BCUT2D eigenvalue weighted by Crippen LogP contribution is 2.47. The third-order valence-corrected chi connectivity index (χ3v) is 5.86. The maximum absolute atomic E-state index is 12.6. The van der Waals surface area contributed by atoms with Crippen LogP contribution in [0.5, 0.6) is 0 Å². The number of nitrogens with zero attached hydrogens (tertiary/aromatic N) is 2. The van der Waals surface area contributed by atoms with Gasteiger partial charge in [0.2, 0.25) is 5.91 Å². The first-order valence-electron chi connectivity index (χ1n) is 8.59. The smallest absolute Gasteiger partial charge is 0.404 e. The van der Waals surface area contributed by atoms with Gasteiger partial charge in [0.15, 0.2) is 0 Å². The fourth-order valence-corrected chi connectivity index (χ4v) is 4.61. The van der Waals surface area contributed by atoms with Crippen LogP contribution in [0.2, 0.25) is 0 Å². The molecule has 0 radical (unpaired) electrons. The van der Waals surface area contributed by atoms with Gasteiger partial charge in [-0.2, -0.15) is 0 Å². The highest BCUT2D eigenvalue weighted by Gasteiger charge is 2.50. The number of aromatic nitrogens is 1. The number of nitrogens with one attached hydrogen (secondary N) is 2. The first-order valence-corrected chi connectivity index (χ1v) is 8.59. The van der Waals surface area contributed by atoms with Gasteiger partial charge in [-0.1, -0.05) is 6.07 Å². The predicted octanol–water partition coefficient (Wildman–Crippen LogP) is 1.56. The van der Waals surface area contributed by atoms with Crippen molar-refractivity contribution in [2.75, 3.05) is 18.4 Å². The summed E-state index contributed by atoms with van der Waals surface area (Å²) in [5.74, 6) is 0.800. The van der Waals surface area contributed by atoms with E-state index < -0.39 is 11.5 Å². The van der Waals surface area contributed by atoms with E-state index in [9.17, 15) is 9.59 Å². The minimum Gasteiger partial charge on any atom is -0.465 e. The van der Waals surface area contributed by atoms with Crippen LogP contribution in [-0.4, -0.2) is 52.2 Å². The summed E-state index contributed by atoms with van der Waals surface area (Å²) < 4.78 is 0. The van der Waals surface area contributed by atoms with Crippen LogP contribution in [0.1, 0.15) is 37.7 Å². The van der Waals surface area contributed by atoms with E-state index in [2.05, 4.69) is 20.5 Å². The minimum atomic E-state index is -0.948. The average Bonchev–Trinajstić information content (AvgIpc) is 3.12. The number of likely N-dealkylation sites (tertiary alicyclic amines) is 1. The van der Waals surface area contributed by atoms with Crippen LogP contribution in [0, 0.1) is 0 Å². The predicted molar refractivity (Wildman–Crippen MR) is 87.9 cm³/mol. The summed E-state index contributed by atoms with van der Waals surface area (Å²) in [5, 5.41) is 14.4. The maximum Gasteiger partial charge on any atom is 0.404 e. The van der Waals surface area contributed by atoms with E-state index in [1.165, 1.54) is 0 Å². The number of carbonyl (C=O) groups is 2. The molecule has 1 spiro atoms. The van der Waals surface area contributed by atoms with Crippen molar-refractivity contribution in [3.8, 4) is 0 Å². The largest absolute Gasteiger partial charge is 0.465 e. The Morgan fingerprint density at radius 3 is 2.92 bits per heavy atom. The van der Waals surface area contributed by atoms with Crippen LogP contribution in [0.4, 0.5) is 10.6 Å². The molecule has 0 unspecified atom stereocenters. The standard InChI is InChI=1S/C17H22N4O3/c22-15-17(13-2-1-8-18-14(13)20-15)6-3-12(4-7-17)21-9-5-11(10-21)19-16(23)24/h1-2,8,11-12,19H,3-7,9-10H2,(H,23,24)(H,18,20,22)/t11-,12?,17?/m1/s1. The molecule has 1 saturated heterocycles. The number of amides is 2. The number of fused-ring (bicyclic) bond motifs is 2. The van der Waals surface area contributed by atoms with E-state index >= 15 is 0 Å². The van der Waals surface area contributed by atoms with Crippen molar-refractivity contribution in [3.05, 3.63) is 23.9 Å². The molecule has 1 atom stereocenters. The molecule has 3 aliphatic rings. The molecule has 1 saturated carbocycles. The van der Waals surface area contributed by atoms with E-state index in [0.717, 1.165) is 50.8 Å². The Morgan fingerprint density at radius 2 is 2.17 bits per heavy atom. The lowest BCUT2D eigenvalue weighted by Crippen LogP contribution is -2.45. The Hall–Kier alpha value is -2.15. The van der Waals surface area contributed by atoms with E-state index in [1.54, 1.807) is 6.20 Å². The van der Waals surface area contributed by atoms with Crippen LogP contribution in [0.15, 0.2) is 18.3 Å². The number of carbonyl (C=O) groups excluding carboxylic acids is 1. The Balaban J connectivity index is 1.43. The molecule has 7 nitrogen and oxygen atoms in total. The normalized spacial score (nSPS) is 32.6. The van der Waals surface area contributed by atoms with E-state index in [-0.39, 0.29) is 11.9 Å². The molecule has 7 heteroatoms. The van der Waals surface area contributed by atoms with Gasteiger partial charge in [-0.15, -0.1) is 0 Å². The zero-order valence-corrected chi connectivity index (χ0v) is 13.5. The summed E-state index contributed by atoms with van der Waals surface area (Å²) in [6, 6.07) is 4.38. The quantitative estimate of drug-likeness (QED) is 0.765. The lowest BCUT2D eigenvalue weighted by Gasteiger charge is -2.39. The molecule has 128 valence electrons. The van der Waals surface area contributed by atoms with Crippen LogP contribution in [0.25, 0.3) is 0 Å². The zero-order valence-electron chi connectivity index (χ0n) is 13.5. The molecule has 3 heterocycles. The Labute approximate surface area is 140 Å². The highest BCUT2D eigenvalue weighted by molar-refractivity contribution is 6.05. The SMILES string of the molecule is O=C(O)N[C@@H]1CCN(C2CCC3(CC2)C(=O)Nc2ncccc23)C1. The summed E-state index contributed by atoms with van der Waals surface area (Å²) >= 11 is 0. The van der Waals surface area contributed by atoms with Gasteiger partial charge in [-0.3, -0.25) is 9.69 Å². The molecule has 2 aliphatic heterocycles. The first kappa shape index (κ1) is 15.4. The van der Waals surface area contributed by atoms with Gasteiger partial charge < -0.3 is 15.7 Å². The van der Waals surface area contributed by atoms with Crippen LogP contribution in [-0.2, 0) is 10.2 Å². The molecular weight excluding hydrogens is 308 g/mol. The van der Waals surface area contributed by atoms with Crippen molar-refractivity contribution in [1.29, 1.82) is 0 Å². The van der Waals surface area contributed by atoms with Crippen molar-refractivity contribution in [1.82, 2.24) is 15.2 Å². The van der Waals surface area contributed by atoms with Crippen LogP contribution < -0.4 is 10.6 Å². The molecule has 2 fully saturated rings. The van der Waals surface area contributed by atoms with E-state index in [4.69, 9.17) is 5.11 Å². The van der Waals surface area contributed by atoms with Crippen molar-refractivity contribution < 1.29 is 14.7 Å². The van der Waals surface area contributed by atoms with Crippen molar-refractivity contribution >= 4 is 17.8 Å². The second-order valence-corrected chi connectivity index (χ2v) is 7.10. The molecule has 0 aromatic carbocycles. The monoisotopic (exact) mass is 330 g/mol. The van der Waals surface area contributed by atoms with Crippen LogP contribution in [0.3, 0.4) is 0 Å². The molecule has 4 rings (SSSR count). The average molecular weight is 330 g/mol. The molecule has 1 aromatic rings. The second-order valence-electron chi connectivity index (χ2n) is 7.10. The van der Waals surface area contributed by atoms with E-state index in [0.29, 0.717) is 11.9 Å². The highest BCUT2D eigenvalue weighted by atomic mass is 16.4. The Kier molecular flexibility index (Phi) is 3.68. The number of pyridine rings is 1. The summed E-state index contributed by atoms with van der Waals surface area (Å²) in [5.41, 5.74) is 0.624. The van der Waals surface area contributed by atoms with Gasteiger partial charge in [-0.05, 0) is 38.2 Å². The fourth-order valence-electron chi connectivity index (χ4n) is 4.61. The van der Waals surface area contributed by atoms with Gasteiger partial charge in [0, 0.05) is 36.9 Å². The Bertz CT molecular complexity index is 670. The van der Waals surface area contributed by atoms with Gasteiger partial charge in [0.1, 0.15) is 5.82 Å². The lowest BCUT2D eigenvalue weighted by molar-refractivity contribution is -0.122. The van der Waals surface area contributed by atoms with Crippen molar-refractivity contribution in [2.45, 2.75) is 49.6 Å². The van der Waals surface area contributed by atoms with Gasteiger partial charge in [0.25, 0.3) is 0 Å². The number of anilines is 1. The zero-order chi connectivity index (χ0) is 16.7. The molecule has 0 bridgehead atoms. The fraction of sp³-hybridized carbons (Fsp3) is 0.588. The molecule has 3 N–H and O–H groups in total. The number of carboxylic acid groups (broad SMARTS) is 1. The summed E-state index contributed by atoms with van der Waals surface area (Å²) in [4.78, 5) is 30.0. The molecule has 24 heavy (non-hydrogen) atoms. The Morgan fingerprint density at radius 1 is 1.38 bits per heavy atom. The maximum atomic E-state index is 12.6. The van der Waals surface area contributed by atoms with Gasteiger partial charge >= 0.3 is 6.09 Å². The van der Waals surface area contributed by atoms with Gasteiger partial charge in [-0.25, -0.2) is 9.78 Å². The number of hydrogen-bond acceptors (Lipinski definition) is 4.